The zero-order chi connectivity index (χ0) is 17.9. The van der Waals surface area contributed by atoms with Crippen molar-refractivity contribution in [3.8, 4) is 0 Å². The van der Waals surface area contributed by atoms with Gasteiger partial charge in [-0.25, -0.2) is 0 Å². The largest absolute Gasteiger partial charge is 0.357 e. The number of nitrogens with one attached hydrogen (secondary N) is 1. The summed E-state index contributed by atoms with van der Waals surface area (Å²) < 4.78 is 1.98. The first kappa shape index (κ1) is 18.3. The van der Waals surface area contributed by atoms with Crippen LogP contribution >= 0.6 is 0 Å². The zero-order valence-electron chi connectivity index (χ0n) is 16.6. The SMILES string of the molecule is CCNC(=NCCc1c(C)nn(C)c1C)N1CCC2(CCCCC2)C1. The average molecular weight is 346 g/mol. The van der Waals surface area contributed by atoms with Gasteiger partial charge in [0.05, 0.1) is 5.69 Å². The average Bonchev–Trinajstić information content (AvgIpc) is 3.10. The van der Waals surface area contributed by atoms with E-state index >= 15 is 0 Å². The summed E-state index contributed by atoms with van der Waals surface area (Å²) in [6, 6.07) is 0. The highest BCUT2D eigenvalue weighted by atomic mass is 15.3. The lowest BCUT2D eigenvalue weighted by molar-refractivity contribution is 0.203. The second kappa shape index (κ2) is 7.79. The van der Waals surface area contributed by atoms with E-state index in [0.29, 0.717) is 5.41 Å². The van der Waals surface area contributed by atoms with Crippen LogP contribution in [0.25, 0.3) is 0 Å². The number of likely N-dealkylation sites (tertiary alicyclic amines) is 1. The summed E-state index contributed by atoms with van der Waals surface area (Å²) in [7, 11) is 2.02. The van der Waals surface area contributed by atoms with Crippen LogP contribution in [0.15, 0.2) is 4.99 Å². The molecule has 0 bridgehead atoms. The van der Waals surface area contributed by atoms with Crippen LogP contribution in [-0.4, -0.2) is 46.8 Å². The maximum absolute atomic E-state index is 4.95. The summed E-state index contributed by atoms with van der Waals surface area (Å²) in [5.41, 5.74) is 4.33. The summed E-state index contributed by atoms with van der Waals surface area (Å²) in [6.45, 7) is 10.5. The molecule has 1 N–H and O–H groups in total. The van der Waals surface area contributed by atoms with Gasteiger partial charge in [-0.2, -0.15) is 5.10 Å². The second-order valence-electron chi connectivity index (χ2n) is 7.99. The molecule has 1 aromatic heterocycles. The molecular weight excluding hydrogens is 310 g/mol. The Morgan fingerprint density at radius 2 is 1.96 bits per heavy atom. The summed E-state index contributed by atoms with van der Waals surface area (Å²) in [5.74, 6) is 1.11. The van der Waals surface area contributed by atoms with Crippen LogP contribution in [-0.2, 0) is 13.5 Å². The summed E-state index contributed by atoms with van der Waals surface area (Å²) in [4.78, 5) is 7.47. The van der Waals surface area contributed by atoms with Gasteiger partial charge < -0.3 is 10.2 Å². The monoisotopic (exact) mass is 345 g/mol. The molecule has 1 spiro atoms. The van der Waals surface area contributed by atoms with E-state index < -0.39 is 0 Å². The molecule has 1 aliphatic heterocycles. The van der Waals surface area contributed by atoms with E-state index in [-0.39, 0.29) is 0 Å². The van der Waals surface area contributed by atoms with Crippen LogP contribution in [0, 0.1) is 19.3 Å². The van der Waals surface area contributed by atoms with Gasteiger partial charge in [-0.1, -0.05) is 19.3 Å². The molecule has 1 aliphatic carbocycles. The van der Waals surface area contributed by atoms with Crippen molar-refractivity contribution in [2.45, 2.75) is 65.7 Å². The molecule has 0 radical (unpaired) electrons. The Morgan fingerprint density at radius 1 is 1.20 bits per heavy atom. The molecule has 2 aliphatic rings. The van der Waals surface area contributed by atoms with Gasteiger partial charge in [0.25, 0.3) is 0 Å². The normalized spacial score (nSPS) is 20.5. The molecule has 1 aromatic rings. The maximum atomic E-state index is 4.95. The van der Waals surface area contributed by atoms with Crippen molar-refractivity contribution in [2.24, 2.45) is 17.5 Å². The van der Waals surface area contributed by atoms with Gasteiger partial charge in [0, 0.05) is 38.9 Å². The van der Waals surface area contributed by atoms with Crippen molar-refractivity contribution in [2.75, 3.05) is 26.2 Å². The number of hydrogen-bond acceptors (Lipinski definition) is 2. The first-order valence-corrected chi connectivity index (χ1v) is 10.1. The molecule has 0 unspecified atom stereocenters. The first-order chi connectivity index (χ1) is 12.0. The maximum Gasteiger partial charge on any atom is 0.193 e. The molecule has 5 heteroatoms. The van der Waals surface area contributed by atoms with Gasteiger partial charge in [-0.15, -0.1) is 0 Å². The molecule has 0 amide bonds. The molecule has 1 saturated carbocycles. The quantitative estimate of drug-likeness (QED) is 0.673. The highest BCUT2D eigenvalue weighted by molar-refractivity contribution is 5.80. The Bertz CT molecular complexity index is 610. The minimum Gasteiger partial charge on any atom is -0.357 e. The first-order valence-electron chi connectivity index (χ1n) is 10.1. The number of rotatable bonds is 4. The molecule has 1 saturated heterocycles. The van der Waals surface area contributed by atoms with Crippen LogP contribution in [0.2, 0.25) is 0 Å². The molecule has 0 atom stereocenters. The molecule has 3 rings (SSSR count). The third kappa shape index (κ3) is 4.01. The fraction of sp³-hybridized carbons (Fsp3) is 0.800. The Kier molecular flexibility index (Phi) is 5.70. The summed E-state index contributed by atoms with van der Waals surface area (Å²) >= 11 is 0. The minimum absolute atomic E-state index is 0.574. The fourth-order valence-corrected chi connectivity index (χ4v) is 4.70. The van der Waals surface area contributed by atoms with Gasteiger partial charge >= 0.3 is 0 Å². The molecular formula is C20H35N5. The van der Waals surface area contributed by atoms with Crippen LogP contribution in [0.1, 0.15) is 62.4 Å². The van der Waals surface area contributed by atoms with E-state index in [0.717, 1.165) is 37.7 Å². The van der Waals surface area contributed by atoms with Crippen molar-refractivity contribution in [3.05, 3.63) is 17.0 Å². The topological polar surface area (TPSA) is 45.5 Å². The number of aromatic nitrogens is 2. The number of guanidine groups is 1. The lowest BCUT2D eigenvalue weighted by Gasteiger charge is -2.33. The zero-order valence-corrected chi connectivity index (χ0v) is 16.6. The third-order valence-electron chi connectivity index (χ3n) is 6.27. The van der Waals surface area contributed by atoms with Gasteiger partial charge in [0.2, 0.25) is 0 Å². The molecule has 0 aromatic carbocycles. The van der Waals surface area contributed by atoms with E-state index in [9.17, 15) is 0 Å². The molecule has 140 valence electrons. The van der Waals surface area contributed by atoms with Crippen LogP contribution < -0.4 is 5.32 Å². The van der Waals surface area contributed by atoms with Crippen LogP contribution in [0.3, 0.4) is 0 Å². The van der Waals surface area contributed by atoms with E-state index in [2.05, 4.69) is 36.1 Å². The lowest BCUT2D eigenvalue weighted by atomic mass is 9.73. The van der Waals surface area contributed by atoms with Crippen molar-refractivity contribution < 1.29 is 0 Å². The van der Waals surface area contributed by atoms with Crippen molar-refractivity contribution in [1.29, 1.82) is 0 Å². The minimum atomic E-state index is 0.574. The van der Waals surface area contributed by atoms with Crippen molar-refractivity contribution in [1.82, 2.24) is 20.0 Å². The predicted molar refractivity (Wildman–Crippen MR) is 104 cm³/mol. The standard InChI is InChI=1S/C20H35N5/c1-5-21-19(22-13-9-18-16(2)23-24(4)17(18)3)25-14-12-20(15-25)10-7-6-8-11-20/h5-15H2,1-4H3,(H,21,22). The van der Waals surface area contributed by atoms with Gasteiger partial charge in [0.15, 0.2) is 5.96 Å². The Balaban J connectivity index is 1.63. The Labute approximate surface area is 152 Å². The summed E-state index contributed by atoms with van der Waals surface area (Å²) in [6.07, 6.45) is 9.41. The van der Waals surface area contributed by atoms with Gasteiger partial charge in [0.1, 0.15) is 0 Å². The number of nitrogens with zero attached hydrogens (tertiary/aromatic N) is 4. The van der Waals surface area contributed by atoms with Gasteiger partial charge in [-0.3, -0.25) is 9.67 Å². The Morgan fingerprint density at radius 3 is 2.60 bits per heavy atom. The molecule has 25 heavy (non-hydrogen) atoms. The van der Waals surface area contributed by atoms with Crippen LogP contribution in [0.5, 0.6) is 0 Å². The highest BCUT2D eigenvalue weighted by Gasteiger charge is 2.39. The number of aliphatic imine (C=N–C) groups is 1. The highest BCUT2D eigenvalue weighted by Crippen LogP contribution is 2.43. The molecule has 2 fully saturated rings. The van der Waals surface area contributed by atoms with E-state index in [1.165, 1.54) is 56.3 Å². The molecule has 2 heterocycles. The van der Waals surface area contributed by atoms with E-state index in [1.807, 2.05) is 11.7 Å². The van der Waals surface area contributed by atoms with Crippen molar-refractivity contribution in [3.63, 3.8) is 0 Å². The predicted octanol–water partition coefficient (Wildman–Crippen LogP) is 3.20. The third-order valence-corrected chi connectivity index (χ3v) is 6.27. The van der Waals surface area contributed by atoms with Crippen LogP contribution in [0.4, 0.5) is 0 Å². The number of hydrogen-bond donors (Lipinski definition) is 1. The van der Waals surface area contributed by atoms with Crippen molar-refractivity contribution >= 4 is 5.96 Å². The molecule has 5 nitrogen and oxygen atoms in total. The lowest BCUT2D eigenvalue weighted by Crippen LogP contribution is -2.41. The Hall–Kier alpha value is -1.52. The summed E-state index contributed by atoms with van der Waals surface area (Å²) in [5, 5.41) is 8.04. The van der Waals surface area contributed by atoms with E-state index in [4.69, 9.17) is 4.99 Å². The number of aryl methyl sites for hydroxylation is 2. The smallest absolute Gasteiger partial charge is 0.193 e. The van der Waals surface area contributed by atoms with E-state index in [1.54, 1.807) is 0 Å². The second-order valence-corrected chi connectivity index (χ2v) is 7.99. The fourth-order valence-electron chi connectivity index (χ4n) is 4.70. The van der Waals surface area contributed by atoms with Gasteiger partial charge in [-0.05, 0) is 57.4 Å².